The molecule has 0 amide bonds. The Morgan fingerprint density at radius 1 is 1.75 bits per heavy atom. The Labute approximate surface area is 71.6 Å². The van der Waals surface area contributed by atoms with Gasteiger partial charge in [0.25, 0.3) is 0 Å². The molecule has 2 atom stereocenters. The predicted octanol–water partition coefficient (Wildman–Crippen LogP) is 0.921. The van der Waals surface area contributed by atoms with E-state index in [1.54, 1.807) is 25.2 Å². The van der Waals surface area contributed by atoms with Crippen molar-refractivity contribution in [2.24, 2.45) is 11.1 Å². The molecule has 1 rings (SSSR count). The molecule has 0 saturated heterocycles. The van der Waals surface area contributed by atoms with Crippen molar-refractivity contribution in [2.75, 3.05) is 0 Å². The van der Waals surface area contributed by atoms with Crippen LogP contribution in [0.2, 0.25) is 0 Å². The maximum Gasteiger partial charge on any atom is 0.315 e. The van der Waals surface area contributed by atoms with Crippen molar-refractivity contribution in [1.82, 2.24) is 0 Å². The van der Waals surface area contributed by atoms with Crippen molar-refractivity contribution >= 4 is 5.97 Å². The largest absolute Gasteiger partial charge is 0.481 e. The molecule has 12 heavy (non-hydrogen) atoms. The minimum atomic E-state index is -0.945. The van der Waals surface area contributed by atoms with Crippen LogP contribution < -0.4 is 5.73 Å². The smallest absolute Gasteiger partial charge is 0.315 e. The standard InChI is InChI=1S/C9H13NO2/c1-6-3-4-9(2,8(11)12)7(10)5-6/h3-5,7H,10H2,1-2H3,(H,11,12). The fourth-order valence-electron chi connectivity index (χ4n) is 1.14. The van der Waals surface area contributed by atoms with E-state index in [4.69, 9.17) is 10.8 Å². The summed E-state index contributed by atoms with van der Waals surface area (Å²) < 4.78 is 0. The molecule has 0 aromatic heterocycles. The lowest BCUT2D eigenvalue weighted by atomic mass is 9.78. The summed E-state index contributed by atoms with van der Waals surface area (Å²) in [5, 5.41) is 8.89. The first-order valence-electron chi connectivity index (χ1n) is 3.83. The quantitative estimate of drug-likeness (QED) is 0.610. The van der Waals surface area contributed by atoms with Crippen LogP contribution in [0.3, 0.4) is 0 Å². The molecule has 3 N–H and O–H groups in total. The van der Waals surface area contributed by atoms with Crippen LogP contribution in [0.15, 0.2) is 23.8 Å². The summed E-state index contributed by atoms with van der Waals surface area (Å²) in [5.41, 5.74) is 5.77. The summed E-state index contributed by atoms with van der Waals surface area (Å²) in [5.74, 6) is -0.880. The zero-order valence-electron chi connectivity index (χ0n) is 7.24. The molecule has 0 aliphatic heterocycles. The topological polar surface area (TPSA) is 63.3 Å². The Morgan fingerprint density at radius 3 is 2.75 bits per heavy atom. The molecule has 2 unspecified atom stereocenters. The van der Waals surface area contributed by atoms with E-state index in [0.717, 1.165) is 5.57 Å². The first kappa shape index (κ1) is 9.00. The second-order valence-corrected chi connectivity index (χ2v) is 3.36. The van der Waals surface area contributed by atoms with Crippen LogP contribution in [-0.2, 0) is 4.79 Å². The van der Waals surface area contributed by atoms with Gasteiger partial charge in [0.05, 0.1) is 0 Å². The van der Waals surface area contributed by atoms with Crippen LogP contribution in [-0.4, -0.2) is 17.1 Å². The summed E-state index contributed by atoms with van der Waals surface area (Å²) >= 11 is 0. The molecule has 1 aliphatic carbocycles. The van der Waals surface area contributed by atoms with Gasteiger partial charge in [0.1, 0.15) is 5.41 Å². The van der Waals surface area contributed by atoms with Gasteiger partial charge >= 0.3 is 5.97 Å². The van der Waals surface area contributed by atoms with E-state index < -0.39 is 17.4 Å². The Hall–Kier alpha value is -1.09. The van der Waals surface area contributed by atoms with Gasteiger partial charge in [-0.2, -0.15) is 0 Å². The molecular formula is C9H13NO2. The summed E-state index contributed by atoms with van der Waals surface area (Å²) in [6, 6.07) is -0.431. The van der Waals surface area contributed by atoms with Crippen LogP contribution in [0.1, 0.15) is 13.8 Å². The Kier molecular flexibility index (Phi) is 2.06. The normalized spacial score (nSPS) is 34.6. The molecule has 0 spiro atoms. The summed E-state index contributed by atoms with van der Waals surface area (Å²) in [4.78, 5) is 10.8. The fourth-order valence-corrected chi connectivity index (χ4v) is 1.14. The first-order chi connectivity index (χ1) is 5.47. The van der Waals surface area contributed by atoms with E-state index in [1.165, 1.54) is 0 Å². The van der Waals surface area contributed by atoms with E-state index in [0.29, 0.717) is 0 Å². The molecule has 66 valence electrons. The molecular weight excluding hydrogens is 154 g/mol. The van der Waals surface area contributed by atoms with E-state index in [-0.39, 0.29) is 0 Å². The maximum atomic E-state index is 10.8. The third-order valence-electron chi connectivity index (χ3n) is 2.29. The van der Waals surface area contributed by atoms with Gasteiger partial charge in [-0.3, -0.25) is 4.79 Å². The van der Waals surface area contributed by atoms with Crippen molar-refractivity contribution in [3.8, 4) is 0 Å². The molecule has 1 aliphatic rings. The number of carboxylic acids is 1. The highest BCUT2D eigenvalue weighted by Gasteiger charge is 2.37. The molecule has 0 aromatic carbocycles. The predicted molar refractivity (Wildman–Crippen MR) is 46.6 cm³/mol. The van der Waals surface area contributed by atoms with Gasteiger partial charge in [0, 0.05) is 6.04 Å². The lowest BCUT2D eigenvalue weighted by Crippen LogP contribution is -2.44. The molecule has 0 radical (unpaired) electrons. The Bertz CT molecular complexity index is 268. The fraction of sp³-hybridized carbons (Fsp3) is 0.444. The summed E-state index contributed by atoms with van der Waals surface area (Å²) in [7, 11) is 0. The van der Waals surface area contributed by atoms with Gasteiger partial charge < -0.3 is 10.8 Å². The zero-order valence-corrected chi connectivity index (χ0v) is 7.24. The van der Waals surface area contributed by atoms with Crippen LogP contribution in [0.25, 0.3) is 0 Å². The minimum absolute atomic E-state index is 0.431. The van der Waals surface area contributed by atoms with E-state index in [1.807, 2.05) is 6.92 Å². The molecule has 0 aromatic rings. The van der Waals surface area contributed by atoms with Crippen LogP contribution >= 0.6 is 0 Å². The van der Waals surface area contributed by atoms with Crippen molar-refractivity contribution < 1.29 is 9.90 Å². The van der Waals surface area contributed by atoms with Crippen molar-refractivity contribution in [3.63, 3.8) is 0 Å². The van der Waals surface area contributed by atoms with E-state index in [9.17, 15) is 4.79 Å². The second kappa shape index (κ2) is 2.75. The number of aliphatic carboxylic acids is 1. The van der Waals surface area contributed by atoms with Crippen LogP contribution in [0, 0.1) is 5.41 Å². The van der Waals surface area contributed by atoms with E-state index in [2.05, 4.69) is 0 Å². The second-order valence-electron chi connectivity index (χ2n) is 3.36. The van der Waals surface area contributed by atoms with Gasteiger partial charge in [-0.25, -0.2) is 0 Å². The lowest BCUT2D eigenvalue weighted by Gasteiger charge is -2.28. The molecule has 0 bridgehead atoms. The highest BCUT2D eigenvalue weighted by Crippen LogP contribution is 2.28. The van der Waals surface area contributed by atoms with Crippen LogP contribution in [0.4, 0.5) is 0 Å². The number of carbonyl (C=O) groups is 1. The zero-order chi connectivity index (χ0) is 9.35. The van der Waals surface area contributed by atoms with Gasteiger partial charge in [-0.15, -0.1) is 0 Å². The maximum absolute atomic E-state index is 10.8. The third kappa shape index (κ3) is 1.28. The summed E-state index contributed by atoms with van der Waals surface area (Å²) in [6.07, 6.45) is 5.21. The van der Waals surface area contributed by atoms with Crippen molar-refractivity contribution in [2.45, 2.75) is 19.9 Å². The van der Waals surface area contributed by atoms with Crippen molar-refractivity contribution in [3.05, 3.63) is 23.8 Å². The molecule has 0 heterocycles. The monoisotopic (exact) mass is 167 g/mol. The van der Waals surface area contributed by atoms with Gasteiger partial charge in [0.15, 0.2) is 0 Å². The first-order valence-corrected chi connectivity index (χ1v) is 3.83. The average Bonchev–Trinajstić information content (AvgIpc) is 1.97. The van der Waals surface area contributed by atoms with Gasteiger partial charge in [-0.05, 0) is 13.8 Å². The number of hydrogen-bond donors (Lipinski definition) is 2. The van der Waals surface area contributed by atoms with Gasteiger partial charge in [0.2, 0.25) is 0 Å². The Morgan fingerprint density at radius 2 is 2.33 bits per heavy atom. The minimum Gasteiger partial charge on any atom is -0.481 e. The molecule has 0 saturated carbocycles. The summed E-state index contributed by atoms with van der Waals surface area (Å²) in [6.45, 7) is 3.53. The molecule has 0 fully saturated rings. The lowest BCUT2D eigenvalue weighted by molar-refractivity contribution is -0.145. The third-order valence-corrected chi connectivity index (χ3v) is 2.29. The number of rotatable bonds is 1. The number of allylic oxidation sites excluding steroid dienone is 2. The van der Waals surface area contributed by atoms with E-state index >= 15 is 0 Å². The molecule has 3 nitrogen and oxygen atoms in total. The molecule has 3 heteroatoms. The average molecular weight is 167 g/mol. The number of nitrogens with two attached hydrogens (primary N) is 1. The highest BCUT2D eigenvalue weighted by atomic mass is 16.4. The number of carboxylic acid groups (broad SMARTS) is 1. The highest BCUT2D eigenvalue weighted by molar-refractivity contribution is 5.78. The van der Waals surface area contributed by atoms with Gasteiger partial charge in [-0.1, -0.05) is 23.8 Å². The van der Waals surface area contributed by atoms with Crippen LogP contribution in [0.5, 0.6) is 0 Å². The number of hydrogen-bond acceptors (Lipinski definition) is 2. The Balaban J connectivity index is 2.99. The van der Waals surface area contributed by atoms with Crippen molar-refractivity contribution in [1.29, 1.82) is 0 Å². The SMILES string of the molecule is CC1=CC(N)C(C)(C(=O)O)C=C1.